The molecule has 0 amide bonds. The molecule has 0 aliphatic heterocycles. The van der Waals surface area contributed by atoms with Gasteiger partial charge in [0.25, 0.3) is 0 Å². The normalized spacial score (nSPS) is 16.0. The number of hydrogen-bond acceptors (Lipinski definition) is 0. The highest BCUT2D eigenvalue weighted by atomic mass is 28.3. The molecule has 1 aromatic carbocycles. The molecule has 1 aliphatic carbocycles. The van der Waals surface area contributed by atoms with Gasteiger partial charge in [0, 0.05) is 16.8 Å². The van der Waals surface area contributed by atoms with Gasteiger partial charge in [-0.05, 0) is 60.8 Å². The molecular weight excluding hydrogens is 354 g/mol. The Hall–Kier alpha value is -1.41. The SMILES string of the molecule is Cc1ccc(C2CCCCC2)cc1-c1cc(CC(C)C)c([Si](C)(C)C)c[n+]1C. The average Bonchev–Trinajstić information content (AvgIpc) is 2.63. The van der Waals surface area contributed by atoms with Crippen LogP contribution in [0.1, 0.15) is 68.6 Å². The molecule has 152 valence electrons. The molecule has 28 heavy (non-hydrogen) atoms. The summed E-state index contributed by atoms with van der Waals surface area (Å²) in [6.45, 7) is 14.4. The number of benzene rings is 1. The van der Waals surface area contributed by atoms with Gasteiger partial charge in [0.15, 0.2) is 6.20 Å². The smallest absolute Gasteiger partial charge is 0.201 e. The molecule has 1 aliphatic rings. The Morgan fingerprint density at radius 3 is 2.32 bits per heavy atom. The van der Waals surface area contributed by atoms with Crippen molar-refractivity contribution >= 4 is 13.3 Å². The van der Waals surface area contributed by atoms with Crippen LogP contribution in [0.4, 0.5) is 0 Å². The maximum absolute atomic E-state index is 2.51. The van der Waals surface area contributed by atoms with E-state index in [0.717, 1.165) is 5.92 Å². The van der Waals surface area contributed by atoms with Gasteiger partial charge in [-0.1, -0.05) is 64.9 Å². The summed E-state index contributed by atoms with van der Waals surface area (Å²) >= 11 is 0. The van der Waals surface area contributed by atoms with Crippen LogP contribution in [0.2, 0.25) is 19.6 Å². The number of rotatable bonds is 5. The third kappa shape index (κ3) is 4.76. The second-order valence-corrected chi connectivity index (χ2v) is 15.5. The minimum atomic E-state index is -1.37. The minimum absolute atomic E-state index is 0.685. The van der Waals surface area contributed by atoms with Crippen molar-refractivity contribution in [3.8, 4) is 11.3 Å². The van der Waals surface area contributed by atoms with Gasteiger partial charge in [-0.2, -0.15) is 0 Å². The highest BCUT2D eigenvalue weighted by molar-refractivity contribution is 6.88. The van der Waals surface area contributed by atoms with Crippen molar-refractivity contribution in [1.82, 2.24) is 0 Å². The van der Waals surface area contributed by atoms with E-state index in [9.17, 15) is 0 Å². The van der Waals surface area contributed by atoms with Crippen LogP contribution >= 0.6 is 0 Å². The van der Waals surface area contributed by atoms with Crippen molar-refractivity contribution in [2.45, 2.75) is 84.9 Å². The fraction of sp³-hybridized carbons (Fsp3) is 0.577. The molecule has 0 bridgehead atoms. The fourth-order valence-corrected chi connectivity index (χ4v) is 6.57. The maximum atomic E-state index is 2.51. The third-order valence-electron chi connectivity index (χ3n) is 6.41. The number of aromatic nitrogens is 1. The Balaban J connectivity index is 2.09. The average molecular weight is 395 g/mol. The van der Waals surface area contributed by atoms with Crippen molar-refractivity contribution in [2.75, 3.05) is 0 Å². The summed E-state index contributed by atoms with van der Waals surface area (Å²) in [6, 6.07) is 9.77. The van der Waals surface area contributed by atoms with Gasteiger partial charge < -0.3 is 0 Å². The van der Waals surface area contributed by atoms with Gasteiger partial charge >= 0.3 is 0 Å². The molecule has 1 nitrogen and oxygen atoms in total. The first kappa shape index (κ1) is 21.3. The summed E-state index contributed by atoms with van der Waals surface area (Å²) in [5.41, 5.74) is 7.33. The summed E-state index contributed by atoms with van der Waals surface area (Å²) in [4.78, 5) is 0. The molecule has 1 aromatic heterocycles. The molecule has 0 unspecified atom stereocenters. The summed E-state index contributed by atoms with van der Waals surface area (Å²) in [6.07, 6.45) is 10.6. The monoisotopic (exact) mass is 394 g/mol. The van der Waals surface area contributed by atoms with Crippen LogP contribution in [0.15, 0.2) is 30.5 Å². The number of pyridine rings is 1. The Labute approximate surface area is 174 Å². The van der Waals surface area contributed by atoms with E-state index in [0.29, 0.717) is 5.92 Å². The lowest BCUT2D eigenvalue weighted by Crippen LogP contribution is -2.47. The van der Waals surface area contributed by atoms with E-state index in [1.165, 1.54) is 55.3 Å². The molecule has 0 spiro atoms. The predicted molar refractivity (Wildman–Crippen MR) is 125 cm³/mol. The van der Waals surface area contributed by atoms with Crippen LogP contribution in [0, 0.1) is 12.8 Å². The van der Waals surface area contributed by atoms with Crippen molar-refractivity contribution in [2.24, 2.45) is 13.0 Å². The van der Waals surface area contributed by atoms with E-state index >= 15 is 0 Å². The molecule has 1 heterocycles. The molecule has 3 rings (SSSR count). The second kappa shape index (κ2) is 8.53. The Bertz CT molecular complexity index is 823. The predicted octanol–water partition coefficient (Wildman–Crippen LogP) is 6.28. The molecule has 0 N–H and O–H groups in total. The van der Waals surface area contributed by atoms with E-state index in [-0.39, 0.29) is 0 Å². The zero-order chi connectivity index (χ0) is 20.5. The van der Waals surface area contributed by atoms with E-state index in [1.807, 2.05) is 0 Å². The zero-order valence-electron chi connectivity index (χ0n) is 19.2. The number of aryl methyl sites for hydroxylation is 2. The van der Waals surface area contributed by atoms with Crippen LogP contribution in [-0.4, -0.2) is 8.07 Å². The highest BCUT2D eigenvalue weighted by Crippen LogP contribution is 2.35. The van der Waals surface area contributed by atoms with Gasteiger partial charge in [0.1, 0.15) is 7.05 Å². The molecule has 1 fully saturated rings. The summed E-state index contributed by atoms with van der Waals surface area (Å²) in [5.74, 6) is 1.44. The number of hydrogen-bond donors (Lipinski definition) is 0. The molecule has 0 atom stereocenters. The maximum Gasteiger partial charge on any atom is 0.212 e. The van der Waals surface area contributed by atoms with Crippen LogP contribution in [0.25, 0.3) is 11.3 Å². The van der Waals surface area contributed by atoms with Crippen LogP contribution < -0.4 is 9.75 Å². The molecule has 2 aromatic rings. The number of nitrogens with zero attached hydrogens (tertiary/aromatic N) is 1. The van der Waals surface area contributed by atoms with Gasteiger partial charge in [0.2, 0.25) is 5.69 Å². The molecule has 2 heteroatoms. The summed E-state index contributed by atoms with van der Waals surface area (Å²) in [5, 5.41) is 1.62. The Morgan fingerprint density at radius 1 is 1.04 bits per heavy atom. The lowest BCUT2D eigenvalue weighted by Gasteiger charge is -2.23. The van der Waals surface area contributed by atoms with Crippen molar-refractivity contribution in [3.05, 3.63) is 47.2 Å². The quantitative estimate of drug-likeness (QED) is 0.415. The summed E-state index contributed by atoms with van der Waals surface area (Å²) in [7, 11) is 0.869. The Morgan fingerprint density at radius 2 is 1.71 bits per heavy atom. The van der Waals surface area contributed by atoms with Gasteiger partial charge in [0.05, 0.1) is 8.07 Å². The van der Waals surface area contributed by atoms with Gasteiger partial charge in [-0.3, -0.25) is 0 Å². The van der Waals surface area contributed by atoms with Crippen molar-refractivity contribution < 1.29 is 4.57 Å². The van der Waals surface area contributed by atoms with Crippen LogP contribution in [0.3, 0.4) is 0 Å². The third-order valence-corrected chi connectivity index (χ3v) is 8.48. The highest BCUT2D eigenvalue weighted by Gasteiger charge is 2.27. The van der Waals surface area contributed by atoms with Crippen LogP contribution in [0.5, 0.6) is 0 Å². The van der Waals surface area contributed by atoms with E-state index in [4.69, 9.17) is 0 Å². The summed E-state index contributed by atoms with van der Waals surface area (Å²) < 4.78 is 2.39. The second-order valence-electron chi connectivity index (χ2n) is 10.5. The van der Waals surface area contributed by atoms with Crippen LogP contribution in [-0.2, 0) is 13.5 Å². The molecule has 0 saturated heterocycles. The first-order valence-corrected chi connectivity index (χ1v) is 14.8. The zero-order valence-corrected chi connectivity index (χ0v) is 20.2. The standard InChI is InChI=1S/C26H40NSi/c1-19(2)15-23-17-25(27(4)18-26(23)28(5,6)7)24-16-22(14-13-20(24)3)21-11-9-8-10-12-21/h13-14,16-19,21H,8-12,15H2,1-7H3/q+1. The molecule has 1 saturated carbocycles. The van der Waals surface area contributed by atoms with Gasteiger partial charge in [-0.15, -0.1) is 0 Å². The first-order chi connectivity index (χ1) is 13.2. The lowest BCUT2D eigenvalue weighted by atomic mass is 9.83. The van der Waals surface area contributed by atoms with Crippen molar-refractivity contribution in [3.63, 3.8) is 0 Å². The topological polar surface area (TPSA) is 3.88 Å². The molecular formula is C26H40NSi+. The van der Waals surface area contributed by atoms with E-state index in [1.54, 1.807) is 16.3 Å². The van der Waals surface area contributed by atoms with E-state index < -0.39 is 8.07 Å². The van der Waals surface area contributed by atoms with Gasteiger partial charge in [-0.25, -0.2) is 4.57 Å². The fourth-order valence-electron chi connectivity index (χ4n) is 4.85. The lowest BCUT2D eigenvalue weighted by molar-refractivity contribution is -0.659. The van der Waals surface area contributed by atoms with Crippen molar-refractivity contribution in [1.29, 1.82) is 0 Å². The first-order valence-electron chi connectivity index (χ1n) is 11.3. The minimum Gasteiger partial charge on any atom is -0.201 e. The van der Waals surface area contributed by atoms with E-state index in [2.05, 4.69) is 82.5 Å². The Kier molecular flexibility index (Phi) is 6.49. The molecule has 0 radical (unpaired) electrons. The largest absolute Gasteiger partial charge is 0.212 e.